The maximum atomic E-state index is 4.43. The summed E-state index contributed by atoms with van der Waals surface area (Å²) in [6.45, 7) is 9.34. The number of nitrogens with one attached hydrogen (secondary N) is 2. The van der Waals surface area contributed by atoms with Crippen LogP contribution in [0.4, 0.5) is 11.8 Å². The monoisotopic (exact) mass is 222 g/mol. The maximum absolute atomic E-state index is 4.43. The normalized spacial score (nSPS) is 12.2. The van der Waals surface area contributed by atoms with Crippen molar-refractivity contribution in [2.45, 2.75) is 46.6 Å². The van der Waals surface area contributed by atoms with Crippen molar-refractivity contribution in [3.05, 3.63) is 11.8 Å². The summed E-state index contributed by atoms with van der Waals surface area (Å²) in [5, 5.41) is 6.56. The van der Waals surface area contributed by atoms with E-state index < -0.39 is 0 Å². The summed E-state index contributed by atoms with van der Waals surface area (Å²) in [6, 6.07) is 2.37. The Labute approximate surface area is 97.9 Å². The SMILES string of the molecule is CCCNc1cc(C)nc(NC(C)CC)n1. The van der Waals surface area contributed by atoms with Crippen LogP contribution in [0.15, 0.2) is 6.07 Å². The van der Waals surface area contributed by atoms with Crippen LogP contribution in [0.2, 0.25) is 0 Å². The van der Waals surface area contributed by atoms with E-state index in [-0.39, 0.29) is 0 Å². The molecule has 1 atom stereocenters. The van der Waals surface area contributed by atoms with E-state index in [1.165, 1.54) is 0 Å². The van der Waals surface area contributed by atoms with Crippen LogP contribution in [0.25, 0.3) is 0 Å². The van der Waals surface area contributed by atoms with Gasteiger partial charge in [0.05, 0.1) is 0 Å². The van der Waals surface area contributed by atoms with Crippen LogP contribution in [-0.2, 0) is 0 Å². The van der Waals surface area contributed by atoms with Crippen LogP contribution < -0.4 is 10.6 Å². The lowest BCUT2D eigenvalue weighted by atomic mass is 10.3. The zero-order chi connectivity index (χ0) is 12.0. The van der Waals surface area contributed by atoms with Crippen molar-refractivity contribution >= 4 is 11.8 Å². The summed E-state index contributed by atoms with van der Waals surface area (Å²) >= 11 is 0. The molecule has 0 fully saturated rings. The highest BCUT2D eigenvalue weighted by Crippen LogP contribution is 2.11. The molecule has 0 aliphatic heterocycles. The van der Waals surface area contributed by atoms with Crippen LogP contribution in [0, 0.1) is 6.92 Å². The molecule has 0 saturated heterocycles. The van der Waals surface area contributed by atoms with E-state index in [2.05, 4.69) is 41.4 Å². The predicted octanol–water partition coefficient (Wildman–Crippen LogP) is 2.82. The average Bonchev–Trinajstić information content (AvgIpc) is 2.25. The molecule has 1 heterocycles. The number of aromatic nitrogens is 2. The van der Waals surface area contributed by atoms with Crippen molar-refractivity contribution in [1.29, 1.82) is 0 Å². The third kappa shape index (κ3) is 4.04. The molecule has 0 spiro atoms. The second-order valence-electron chi connectivity index (χ2n) is 4.10. The van der Waals surface area contributed by atoms with Crippen molar-refractivity contribution < 1.29 is 0 Å². The third-order valence-corrected chi connectivity index (χ3v) is 2.40. The first kappa shape index (κ1) is 12.7. The van der Waals surface area contributed by atoms with E-state index in [0.717, 1.165) is 30.9 Å². The lowest BCUT2D eigenvalue weighted by Gasteiger charge is -2.13. The van der Waals surface area contributed by atoms with Gasteiger partial charge in [0, 0.05) is 24.3 Å². The standard InChI is InChI=1S/C12H22N4/c1-5-7-13-11-8-10(4)15-12(16-11)14-9(3)6-2/h8-9H,5-7H2,1-4H3,(H2,13,14,15,16). The highest BCUT2D eigenvalue weighted by molar-refractivity contribution is 5.42. The van der Waals surface area contributed by atoms with Gasteiger partial charge in [0.1, 0.15) is 5.82 Å². The van der Waals surface area contributed by atoms with Gasteiger partial charge in [-0.3, -0.25) is 0 Å². The highest BCUT2D eigenvalue weighted by Gasteiger charge is 2.04. The largest absolute Gasteiger partial charge is 0.370 e. The van der Waals surface area contributed by atoms with Crippen LogP contribution in [0.3, 0.4) is 0 Å². The second-order valence-corrected chi connectivity index (χ2v) is 4.10. The van der Waals surface area contributed by atoms with Crippen molar-refractivity contribution in [3.8, 4) is 0 Å². The lowest BCUT2D eigenvalue weighted by molar-refractivity contribution is 0.751. The molecule has 0 bridgehead atoms. The molecule has 1 rings (SSSR count). The van der Waals surface area contributed by atoms with Gasteiger partial charge in [-0.25, -0.2) is 4.98 Å². The van der Waals surface area contributed by atoms with Gasteiger partial charge in [-0.2, -0.15) is 4.98 Å². The molecule has 0 aliphatic rings. The van der Waals surface area contributed by atoms with Crippen LogP contribution >= 0.6 is 0 Å². The Balaban J connectivity index is 2.73. The molecule has 0 saturated carbocycles. The molecule has 0 aliphatic carbocycles. The third-order valence-electron chi connectivity index (χ3n) is 2.40. The summed E-state index contributed by atoms with van der Waals surface area (Å²) in [6.07, 6.45) is 2.16. The first-order valence-electron chi connectivity index (χ1n) is 6.01. The molecule has 90 valence electrons. The fourth-order valence-electron chi connectivity index (χ4n) is 1.30. The second kappa shape index (κ2) is 6.30. The number of rotatable bonds is 6. The molecule has 0 aromatic carbocycles. The van der Waals surface area contributed by atoms with E-state index in [4.69, 9.17) is 0 Å². The Morgan fingerprint density at radius 3 is 2.69 bits per heavy atom. The molecular weight excluding hydrogens is 200 g/mol. The average molecular weight is 222 g/mol. The van der Waals surface area contributed by atoms with Crippen molar-refractivity contribution in [2.24, 2.45) is 0 Å². The molecule has 0 radical (unpaired) electrons. The Hall–Kier alpha value is -1.32. The number of aryl methyl sites for hydroxylation is 1. The first-order valence-corrected chi connectivity index (χ1v) is 6.01. The van der Waals surface area contributed by atoms with Gasteiger partial charge < -0.3 is 10.6 Å². The zero-order valence-electron chi connectivity index (χ0n) is 10.7. The van der Waals surface area contributed by atoms with Gasteiger partial charge >= 0.3 is 0 Å². The number of hydrogen-bond acceptors (Lipinski definition) is 4. The van der Waals surface area contributed by atoms with Crippen molar-refractivity contribution in [3.63, 3.8) is 0 Å². The van der Waals surface area contributed by atoms with Gasteiger partial charge in [-0.05, 0) is 26.7 Å². The quantitative estimate of drug-likeness (QED) is 0.777. The van der Waals surface area contributed by atoms with Crippen LogP contribution in [0.1, 0.15) is 39.3 Å². The smallest absolute Gasteiger partial charge is 0.225 e. The summed E-state index contributed by atoms with van der Waals surface area (Å²) in [4.78, 5) is 8.79. The minimum Gasteiger partial charge on any atom is -0.370 e. The fourth-order valence-corrected chi connectivity index (χ4v) is 1.30. The number of hydrogen-bond donors (Lipinski definition) is 2. The van der Waals surface area contributed by atoms with Crippen molar-refractivity contribution in [2.75, 3.05) is 17.2 Å². The van der Waals surface area contributed by atoms with Crippen LogP contribution in [0.5, 0.6) is 0 Å². The topological polar surface area (TPSA) is 49.8 Å². The Bertz CT molecular complexity index is 325. The van der Waals surface area contributed by atoms with Gasteiger partial charge in [0.25, 0.3) is 0 Å². The van der Waals surface area contributed by atoms with Crippen LogP contribution in [-0.4, -0.2) is 22.6 Å². The summed E-state index contributed by atoms with van der Waals surface area (Å²) < 4.78 is 0. The minimum absolute atomic E-state index is 0.404. The van der Waals surface area contributed by atoms with Gasteiger partial charge in [0.2, 0.25) is 5.95 Å². The molecule has 4 nitrogen and oxygen atoms in total. The Morgan fingerprint density at radius 2 is 2.06 bits per heavy atom. The number of anilines is 2. The number of nitrogens with zero attached hydrogens (tertiary/aromatic N) is 2. The predicted molar refractivity (Wildman–Crippen MR) is 68.9 cm³/mol. The fraction of sp³-hybridized carbons (Fsp3) is 0.667. The van der Waals surface area contributed by atoms with E-state index in [1.807, 2.05) is 13.0 Å². The van der Waals surface area contributed by atoms with Crippen molar-refractivity contribution in [1.82, 2.24) is 9.97 Å². The van der Waals surface area contributed by atoms with Gasteiger partial charge in [-0.1, -0.05) is 13.8 Å². The maximum Gasteiger partial charge on any atom is 0.225 e. The summed E-state index contributed by atoms with van der Waals surface area (Å²) in [5.74, 6) is 1.62. The van der Waals surface area contributed by atoms with E-state index in [1.54, 1.807) is 0 Å². The first-order chi connectivity index (χ1) is 7.65. The van der Waals surface area contributed by atoms with E-state index >= 15 is 0 Å². The molecular formula is C12H22N4. The summed E-state index contributed by atoms with van der Waals surface area (Å²) in [7, 11) is 0. The molecule has 4 heteroatoms. The minimum atomic E-state index is 0.404. The summed E-state index contributed by atoms with van der Waals surface area (Å²) in [5.41, 5.74) is 0.986. The molecule has 2 N–H and O–H groups in total. The van der Waals surface area contributed by atoms with Gasteiger partial charge in [-0.15, -0.1) is 0 Å². The lowest BCUT2D eigenvalue weighted by Crippen LogP contribution is -2.16. The molecule has 0 amide bonds. The molecule has 1 aromatic heterocycles. The molecule has 16 heavy (non-hydrogen) atoms. The van der Waals surface area contributed by atoms with E-state index in [0.29, 0.717) is 12.0 Å². The Kier molecular flexibility index (Phi) is 5.02. The highest BCUT2D eigenvalue weighted by atomic mass is 15.1. The van der Waals surface area contributed by atoms with E-state index in [9.17, 15) is 0 Å². The Morgan fingerprint density at radius 1 is 1.31 bits per heavy atom. The molecule has 1 unspecified atom stereocenters. The van der Waals surface area contributed by atoms with Gasteiger partial charge in [0.15, 0.2) is 0 Å². The molecule has 1 aromatic rings. The zero-order valence-corrected chi connectivity index (χ0v) is 10.7.